The molecule has 0 aliphatic carbocycles. The third-order valence-corrected chi connectivity index (χ3v) is 1.76. The second-order valence-corrected chi connectivity index (χ2v) is 3.40. The molecule has 0 unspecified atom stereocenters. The lowest BCUT2D eigenvalue weighted by atomic mass is 10.2. The lowest BCUT2D eigenvalue weighted by Gasteiger charge is -2.07. The number of rotatable bonds is 2. The smallest absolute Gasteiger partial charge is 0.357 e. The monoisotopic (exact) mass is 204 g/mol. The average Bonchev–Trinajstić information content (AvgIpc) is 2.16. The standard InChI is InChI=1S/C11H12N2O2/c1-7(2)15-11(14)10-5-4-9(6-12)8(3)13-10/h4-5,7H,1-3H3. The van der Waals surface area contributed by atoms with Gasteiger partial charge in [0, 0.05) is 0 Å². The molecule has 1 rings (SSSR count). The normalized spacial score (nSPS) is 9.80. The molecule has 0 fully saturated rings. The highest BCUT2D eigenvalue weighted by Gasteiger charge is 2.11. The van der Waals surface area contributed by atoms with E-state index < -0.39 is 5.97 Å². The lowest BCUT2D eigenvalue weighted by molar-refractivity contribution is 0.0370. The van der Waals surface area contributed by atoms with Gasteiger partial charge in [0.1, 0.15) is 11.8 Å². The summed E-state index contributed by atoms with van der Waals surface area (Å²) in [6, 6.07) is 5.05. The van der Waals surface area contributed by atoms with Crippen LogP contribution in [0, 0.1) is 18.3 Å². The summed E-state index contributed by atoms with van der Waals surface area (Å²) in [7, 11) is 0. The summed E-state index contributed by atoms with van der Waals surface area (Å²) in [6.07, 6.45) is -0.171. The van der Waals surface area contributed by atoms with Crippen LogP contribution in [0.15, 0.2) is 12.1 Å². The molecule has 0 amide bonds. The molecule has 0 saturated heterocycles. The maximum Gasteiger partial charge on any atom is 0.357 e. The number of hydrogen-bond donors (Lipinski definition) is 0. The van der Waals surface area contributed by atoms with Gasteiger partial charge in [0.2, 0.25) is 0 Å². The minimum atomic E-state index is -0.461. The molecule has 0 aliphatic heterocycles. The van der Waals surface area contributed by atoms with Crippen LogP contribution in [0.1, 0.15) is 35.6 Å². The minimum absolute atomic E-state index is 0.171. The van der Waals surface area contributed by atoms with Gasteiger partial charge in [0.05, 0.1) is 17.4 Å². The van der Waals surface area contributed by atoms with Gasteiger partial charge < -0.3 is 4.74 Å². The van der Waals surface area contributed by atoms with Crippen molar-refractivity contribution >= 4 is 5.97 Å². The summed E-state index contributed by atoms with van der Waals surface area (Å²) >= 11 is 0. The number of nitrogens with zero attached hydrogens (tertiary/aromatic N) is 2. The van der Waals surface area contributed by atoms with Crippen LogP contribution in [-0.2, 0) is 4.74 Å². The number of carbonyl (C=O) groups is 1. The first-order valence-corrected chi connectivity index (χ1v) is 4.63. The first kappa shape index (κ1) is 11.2. The van der Waals surface area contributed by atoms with Gasteiger partial charge in [-0.2, -0.15) is 5.26 Å². The van der Waals surface area contributed by atoms with Gasteiger partial charge in [0.25, 0.3) is 0 Å². The molecular formula is C11H12N2O2. The van der Waals surface area contributed by atoms with E-state index in [0.717, 1.165) is 0 Å². The number of nitriles is 1. The predicted octanol–water partition coefficient (Wildman–Crippen LogP) is 1.83. The highest BCUT2D eigenvalue weighted by molar-refractivity contribution is 5.87. The van der Waals surface area contributed by atoms with E-state index in [1.54, 1.807) is 26.8 Å². The van der Waals surface area contributed by atoms with Crippen LogP contribution in [0.5, 0.6) is 0 Å². The Kier molecular flexibility index (Phi) is 3.40. The fraction of sp³-hybridized carbons (Fsp3) is 0.364. The summed E-state index contributed by atoms with van der Waals surface area (Å²) < 4.78 is 4.98. The SMILES string of the molecule is Cc1nc(C(=O)OC(C)C)ccc1C#N. The number of pyridine rings is 1. The molecule has 0 aliphatic rings. The second kappa shape index (κ2) is 4.56. The molecule has 0 aromatic carbocycles. The fourth-order valence-electron chi connectivity index (χ4n) is 1.07. The van der Waals surface area contributed by atoms with Crippen molar-refractivity contribution in [3.8, 4) is 6.07 Å². The molecular weight excluding hydrogens is 192 g/mol. The average molecular weight is 204 g/mol. The van der Waals surface area contributed by atoms with Crippen LogP contribution >= 0.6 is 0 Å². The molecule has 0 saturated carbocycles. The Hall–Kier alpha value is -1.89. The molecule has 0 radical (unpaired) electrons. The Bertz CT molecular complexity index is 419. The molecule has 0 N–H and O–H groups in total. The molecule has 0 spiro atoms. The maximum atomic E-state index is 11.4. The van der Waals surface area contributed by atoms with Crippen molar-refractivity contribution in [3.63, 3.8) is 0 Å². The lowest BCUT2D eigenvalue weighted by Crippen LogP contribution is -2.13. The largest absolute Gasteiger partial charge is 0.458 e. The molecule has 1 aromatic heterocycles. The van der Waals surface area contributed by atoms with E-state index in [1.807, 2.05) is 6.07 Å². The number of aromatic nitrogens is 1. The molecule has 4 heteroatoms. The highest BCUT2D eigenvalue weighted by atomic mass is 16.5. The van der Waals surface area contributed by atoms with Crippen molar-refractivity contribution < 1.29 is 9.53 Å². The van der Waals surface area contributed by atoms with Crippen LogP contribution in [0.2, 0.25) is 0 Å². The van der Waals surface area contributed by atoms with Crippen LogP contribution in [-0.4, -0.2) is 17.1 Å². The quantitative estimate of drug-likeness (QED) is 0.689. The van der Waals surface area contributed by atoms with Crippen molar-refractivity contribution in [2.45, 2.75) is 26.9 Å². The molecule has 0 atom stereocenters. The third kappa shape index (κ3) is 2.78. The molecule has 1 heterocycles. The van der Waals surface area contributed by atoms with Crippen LogP contribution in [0.25, 0.3) is 0 Å². The number of carbonyl (C=O) groups excluding carboxylic acids is 1. The van der Waals surface area contributed by atoms with E-state index in [1.165, 1.54) is 6.07 Å². The van der Waals surface area contributed by atoms with Gasteiger partial charge in [-0.05, 0) is 32.9 Å². The summed E-state index contributed by atoms with van der Waals surface area (Å²) in [5, 5.41) is 8.69. The number of esters is 1. The first-order valence-electron chi connectivity index (χ1n) is 4.63. The summed E-state index contributed by atoms with van der Waals surface area (Å²) in [4.78, 5) is 15.4. The van der Waals surface area contributed by atoms with E-state index in [9.17, 15) is 4.79 Å². The summed E-state index contributed by atoms with van der Waals surface area (Å²) in [6.45, 7) is 5.23. The number of aryl methyl sites for hydroxylation is 1. The van der Waals surface area contributed by atoms with Crippen molar-refractivity contribution in [3.05, 3.63) is 29.1 Å². The van der Waals surface area contributed by atoms with E-state index in [4.69, 9.17) is 10.00 Å². The minimum Gasteiger partial charge on any atom is -0.458 e. The fourth-order valence-corrected chi connectivity index (χ4v) is 1.07. The number of hydrogen-bond acceptors (Lipinski definition) is 4. The second-order valence-electron chi connectivity index (χ2n) is 3.40. The molecule has 78 valence electrons. The Balaban J connectivity index is 2.94. The zero-order chi connectivity index (χ0) is 11.4. The molecule has 15 heavy (non-hydrogen) atoms. The zero-order valence-corrected chi connectivity index (χ0v) is 8.94. The van der Waals surface area contributed by atoms with E-state index >= 15 is 0 Å². The van der Waals surface area contributed by atoms with Gasteiger partial charge in [0.15, 0.2) is 0 Å². The van der Waals surface area contributed by atoms with E-state index in [2.05, 4.69) is 4.98 Å². The van der Waals surface area contributed by atoms with Gasteiger partial charge in [-0.25, -0.2) is 9.78 Å². The topological polar surface area (TPSA) is 63.0 Å². The van der Waals surface area contributed by atoms with Gasteiger partial charge in [-0.1, -0.05) is 0 Å². The Morgan fingerprint density at radius 3 is 2.67 bits per heavy atom. The van der Waals surface area contributed by atoms with Crippen molar-refractivity contribution in [2.75, 3.05) is 0 Å². The van der Waals surface area contributed by atoms with Gasteiger partial charge >= 0.3 is 5.97 Å². The van der Waals surface area contributed by atoms with E-state index in [0.29, 0.717) is 11.3 Å². The van der Waals surface area contributed by atoms with Crippen molar-refractivity contribution in [2.24, 2.45) is 0 Å². The van der Waals surface area contributed by atoms with Crippen LogP contribution in [0.4, 0.5) is 0 Å². The molecule has 4 nitrogen and oxygen atoms in total. The van der Waals surface area contributed by atoms with Gasteiger partial charge in [-0.15, -0.1) is 0 Å². The van der Waals surface area contributed by atoms with Crippen LogP contribution < -0.4 is 0 Å². The van der Waals surface area contributed by atoms with Crippen molar-refractivity contribution in [1.29, 1.82) is 5.26 Å². The Morgan fingerprint density at radius 1 is 1.53 bits per heavy atom. The summed E-state index contributed by atoms with van der Waals surface area (Å²) in [5.41, 5.74) is 1.24. The molecule has 0 bridgehead atoms. The first-order chi connectivity index (χ1) is 7.04. The van der Waals surface area contributed by atoms with Crippen LogP contribution in [0.3, 0.4) is 0 Å². The third-order valence-electron chi connectivity index (χ3n) is 1.76. The highest BCUT2D eigenvalue weighted by Crippen LogP contribution is 2.07. The maximum absolute atomic E-state index is 11.4. The zero-order valence-electron chi connectivity index (χ0n) is 8.94. The van der Waals surface area contributed by atoms with E-state index in [-0.39, 0.29) is 11.8 Å². The number of ether oxygens (including phenoxy) is 1. The van der Waals surface area contributed by atoms with Crippen molar-refractivity contribution in [1.82, 2.24) is 4.98 Å². The van der Waals surface area contributed by atoms with Gasteiger partial charge in [-0.3, -0.25) is 0 Å². The Morgan fingerprint density at radius 2 is 2.20 bits per heavy atom. The predicted molar refractivity (Wildman–Crippen MR) is 54.2 cm³/mol. The molecule has 1 aromatic rings. The Labute approximate surface area is 88.5 Å². The summed E-state index contributed by atoms with van der Waals surface area (Å²) in [5.74, 6) is -0.461.